The van der Waals surface area contributed by atoms with Gasteiger partial charge in [-0.2, -0.15) is 0 Å². The molecular weight excluding hydrogens is 220 g/mol. The Hall–Kier alpha value is -0.860. The zero-order valence-corrected chi connectivity index (χ0v) is 12.0. The van der Waals surface area contributed by atoms with Crippen molar-refractivity contribution in [2.24, 2.45) is 0 Å². The quantitative estimate of drug-likeness (QED) is 0.878. The number of nitrogens with zero attached hydrogens (tertiary/aromatic N) is 1. The molecule has 1 aromatic carbocycles. The number of nitrogens with one attached hydrogen (secondary N) is 1. The molecule has 2 nitrogen and oxygen atoms in total. The molecule has 2 heteroatoms. The van der Waals surface area contributed by atoms with Crippen molar-refractivity contribution < 1.29 is 0 Å². The largest absolute Gasteiger partial charge is 0.312 e. The van der Waals surface area contributed by atoms with Crippen molar-refractivity contribution in [3.8, 4) is 0 Å². The van der Waals surface area contributed by atoms with Gasteiger partial charge in [0, 0.05) is 12.6 Å². The summed E-state index contributed by atoms with van der Waals surface area (Å²) >= 11 is 0. The number of likely N-dealkylation sites (tertiary alicyclic amines) is 1. The van der Waals surface area contributed by atoms with Crippen molar-refractivity contribution in [2.75, 3.05) is 26.7 Å². The van der Waals surface area contributed by atoms with E-state index in [1.54, 1.807) is 0 Å². The summed E-state index contributed by atoms with van der Waals surface area (Å²) in [6, 6.07) is 7.26. The highest BCUT2D eigenvalue weighted by Crippen LogP contribution is 2.21. The molecule has 1 unspecified atom stereocenters. The Morgan fingerprint density at radius 3 is 2.50 bits per heavy atom. The van der Waals surface area contributed by atoms with Crippen LogP contribution in [0.5, 0.6) is 0 Å². The Labute approximate surface area is 111 Å². The molecule has 1 aliphatic heterocycles. The lowest BCUT2D eigenvalue weighted by atomic mass is 9.98. The van der Waals surface area contributed by atoms with E-state index >= 15 is 0 Å². The molecule has 1 aromatic rings. The molecule has 1 N–H and O–H groups in total. The molecule has 1 aliphatic rings. The molecule has 18 heavy (non-hydrogen) atoms. The summed E-state index contributed by atoms with van der Waals surface area (Å²) < 4.78 is 0. The highest BCUT2D eigenvalue weighted by Gasteiger charge is 2.17. The summed E-state index contributed by atoms with van der Waals surface area (Å²) in [7, 11) is 2.08. The molecule has 1 fully saturated rings. The molecule has 0 bridgehead atoms. The molecule has 1 atom stereocenters. The van der Waals surface area contributed by atoms with Crippen LogP contribution in [0.15, 0.2) is 18.2 Å². The van der Waals surface area contributed by atoms with Crippen LogP contribution in [0.2, 0.25) is 0 Å². The van der Waals surface area contributed by atoms with Crippen molar-refractivity contribution in [1.82, 2.24) is 10.2 Å². The van der Waals surface area contributed by atoms with Gasteiger partial charge in [-0.3, -0.25) is 0 Å². The van der Waals surface area contributed by atoms with Gasteiger partial charge in [-0.05, 0) is 58.0 Å². The Balaban J connectivity index is 2.07. The van der Waals surface area contributed by atoms with Crippen LogP contribution in [0.25, 0.3) is 0 Å². The van der Waals surface area contributed by atoms with Crippen LogP contribution < -0.4 is 5.32 Å². The summed E-state index contributed by atoms with van der Waals surface area (Å²) in [5.74, 6) is 0. The summed E-state index contributed by atoms with van der Waals surface area (Å²) in [5, 5.41) is 3.48. The zero-order valence-electron chi connectivity index (χ0n) is 12.0. The fraction of sp³-hybridized carbons (Fsp3) is 0.625. The third-order valence-corrected chi connectivity index (χ3v) is 4.04. The summed E-state index contributed by atoms with van der Waals surface area (Å²) in [6.07, 6.45) is 4.14. The second-order valence-corrected chi connectivity index (χ2v) is 5.56. The van der Waals surface area contributed by atoms with E-state index in [0.29, 0.717) is 6.04 Å². The molecule has 0 saturated carbocycles. The van der Waals surface area contributed by atoms with Crippen LogP contribution in [-0.2, 0) is 0 Å². The molecule has 0 radical (unpaired) electrons. The van der Waals surface area contributed by atoms with Crippen LogP contribution >= 0.6 is 0 Å². The number of likely N-dealkylation sites (N-methyl/N-ethyl adjacent to an activating group) is 1. The van der Waals surface area contributed by atoms with Crippen LogP contribution in [0.1, 0.15) is 42.0 Å². The molecule has 0 amide bonds. The normalized spacial score (nSPS) is 18.8. The van der Waals surface area contributed by atoms with Crippen molar-refractivity contribution in [1.29, 1.82) is 0 Å². The highest BCUT2D eigenvalue weighted by molar-refractivity contribution is 5.33. The first-order chi connectivity index (χ1) is 8.70. The maximum atomic E-state index is 3.48. The molecule has 1 heterocycles. The summed E-state index contributed by atoms with van der Waals surface area (Å²) in [4.78, 5) is 2.60. The van der Waals surface area contributed by atoms with Crippen LogP contribution in [0.3, 0.4) is 0 Å². The predicted molar refractivity (Wildman–Crippen MR) is 78.0 cm³/mol. The van der Waals surface area contributed by atoms with Gasteiger partial charge in [-0.1, -0.05) is 30.2 Å². The minimum absolute atomic E-state index is 0.462. The van der Waals surface area contributed by atoms with Gasteiger partial charge < -0.3 is 10.2 Å². The monoisotopic (exact) mass is 246 g/mol. The van der Waals surface area contributed by atoms with E-state index in [2.05, 4.69) is 49.3 Å². The summed E-state index contributed by atoms with van der Waals surface area (Å²) in [5.41, 5.74) is 4.21. The SMILES string of the molecule is CNC(CN1CCCCC1)c1ccc(C)cc1C. The maximum Gasteiger partial charge on any atom is 0.0449 e. The van der Waals surface area contributed by atoms with E-state index in [1.807, 2.05) is 0 Å². The smallest absolute Gasteiger partial charge is 0.0449 e. The van der Waals surface area contributed by atoms with Gasteiger partial charge >= 0.3 is 0 Å². The predicted octanol–water partition coefficient (Wildman–Crippen LogP) is 3.05. The van der Waals surface area contributed by atoms with Gasteiger partial charge in [0.15, 0.2) is 0 Å². The molecular formula is C16H26N2. The minimum Gasteiger partial charge on any atom is -0.312 e. The second-order valence-electron chi connectivity index (χ2n) is 5.56. The number of piperidine rings is 1. The number of hydrogen-bond donors (Lipinski definition) is 1. The van der Waals surface area contributed by atoms with Gasteiger partial charge in [0.05, 0.1) is 0 Å². The van der Waals surface area contributed by atoms with E-state index < -0.39 is 0 Å². The van der Waals surface area contributed by atoms with Gasteiger partial charge in [0.1, 0.15) is 0 Å². The van der Waals surface area contributed by atoms with Crippen LogP contribution in [0.4, 0.5) is 0 Å². The number of rotatable bonds is 4. The third kappa shape index (κ3) is 3.33. The molecule has 0 aliphatic carbocycles. The number of aryl methyl sites for hydroxylation is 2. The van der Waals surface area contributed by atoms with Gasteiger partial charge in [-0.15, -0.1) is 0 Å². The Morgan fingerprint density at radius 2 is 1.89 bits per heavy atom. The molecule has 1 saturated heterocycles. The Morgan fingerprint density at radius 1 is 1.17 bits per heavy atom. The van der Waals surface area contributed by atoms with Gasteiger partial charge in [0.25, 0.3) is 0 Å². The fourth-order valence-electron chi connectivity index (χ4n) is 2.96. The van der Waals surface area contributed by atoms with E-state index in [4.69, 9.17) is 0 Å². The van der Waals surface area contributed by atoms with Crippen molar-refractivity contribution in [2.45, 2.75) is 39.2 Å². The molecule has 2 rings (SSSR count). The first kappa shape index (κ1) is 13.6. The summed E-state index contributed by atoms with van der Waals surface area (Å²) in [6.45, 7) is 8.06. The van der Waals surface area contributed by atoms with Crippen molar-refractivity contribution in [3.05, 3.63) is 34.9 Å². The lowest BCUT2D eigenvalue weighted by molar-refractivity contribution is 0.208. The van der Waals surface area contributed by atoms with E-state index in [-0.39, 0.29) is 0 Å². The standard InChI is InChI=1S/C16H26N2/c1-13-7-8-15(14(2)11-13)16(17-3)12-18-9-5-4-6-10-18/h7-8,11,16-17H,4-6,9-10,12H2,1-3H3. The van der Waals surface area contributed by atoms with Crippen LogP contribution in [-0.4, -0.2) is 31.6 Å². The van der Waals surface area contributed by atoms with Crippen molar-refractivity contribution in [3.63, 3.8) is 0 Å². The average molecular weight is 246 g/mol. The molecule has 0 aromatic heterocycles. The molecule has 100 valence electrons. The minimum atomic E-state index is 0.462. The molecule has 0 spiro atoms. The maximum absolute atomic E-state index is 3.48. The number of benzene rings is 1. The zero-order chi connectivity index (χ0) is 13.0. The van der Waals surface area contributed by atoms with E-state index in [1.165, 1.54) is 49.0 Å². The first-order valence-electron chi connectivity index (χ1n) is 7.17. The average Bonchev–Trinajstić information content (AvgIpc) is 2.38. The van der Waals surface area contributed by atoms with Crippen LogP contribution in [0, 0.1) is 13.8 Å². The van der Waals surface area contributed by atoms with Gasteiger partial charge in [0.2, 0.25) is 0 Å². The lowest BCUT2D eigenvalue weighted by Gasteiger charge is -2.31. The number of hydrogen-bond acceptors (Lipinski definition) is 2. The Kier molecular flexibility index (Phi) is 4.79. The van der Waals surface area contributed by atoms with Crippen molar-refractivity contribution >= 4 is 0 Å². The highest BCUT2D eigenvalue weighted by atomic mass is 15.1. The van der Waals surface area contributed by atoms with E-state index in [0.717, 1.165) is 6.54 Å². The Bertz CT molecular complexity index is 381. The topological polar surface area (TPSA) is 15.3 Å². The van der Waals surface area contributed by atoms with Gasteiger partial charge in [-0.25, -0.2) is 0 Å². The lowest BCUT2D eigenvalue weighted by Crippen LogP contribution is -2.37. The first-order valence-corrected chi connectivity index (χ1v) is 7.17. The third-order valence-electron chi connectivity index (χ3n) is 4.04. The fourth-order valence-corrected chi connectivity index (χ4v) is 2.96. The second kappa shape index (κ2) is 6.35. The van der Waals surface area contributed by atoms with E-state index in [9.17, 15) is 0 Å².